The zero-order valence-corrected chi connectivity index (χ0v) is 8.18. The van der Waals surface area contributed by atoms with Gasteiger partial charge in [0.05, 0.1) is 5.92 Å². The van der Waals surface area contributed by atoms with Crippen LogP contribution in [-0.2, 0) is 11.2 Å². The summed E-state index contributed by atoms with van der Waals surface area (Å²) in [6.45, 7) is 1.72. The van der Waals surface area contributed by atoms with Crippen molar-refractivity contribution in [3.05, 3.63) is 35.9 Å². The van der Waals surface area contributed by atoms with Crippen LogP contribution in [0.3, 0.4) is 0 Å². The maximum atomic E-state index is 10.9. The molecule has 0 aromatic heterocycles. The third-order valence-corrected chi connectivity index (χ3v) is 2.25. The molecule has 0 amide bonds. The fourth-order valence-corrected chi connectivity index (χ4v) is 1.37. The molecule has 0 spiro atoms. The molecule has 2 atom stereocenters. The Labute approximate surface area is 83.6 Å². The Kier molecular flexibility index (Phi) is 3.65. The summed E-state index contributed by atoms with van der Waals surface area (Å²) in [6.07, 6.45) is 0.494. The van der Waals surface area contributed by atoms with Gasteiger partial charge in [0.1, 0.15) is 0 Å². The van der Waals surface area contributed by atoms with Crippen LogP contribution in [0.1, 0.15) is 12.5 Å². The molecule has 14 heavy (non-hydrogen) atoms. The zero-order chi connectivity index (χ0) is 10.6. The highest BCUT2D eigenvalue weighted by Crippen LogP contribution is 2.11. The Bertz CT molecular complexity index is 295. The van der Waals surface area contributed by atoms with E-state index in [9.17, 15) is 4.79 Å². The minimum Gasteiger partial charge on any atom is -0.481 e. The molecule has 1 rings (SSSR count). The van der Waals surface area contributed by atoms with Crippen LogP contribution < -0.4 is 5.73 Å². The summed E-state index contributed by atoms with van der Waals surface area (Å²) in [4.78, 5) is 10.9. The Morgan fingerprint density at radius 3 is 2.43 bits per heavy atom. The summed E-state index contributed by atoms with van der Waals surface area (Å²) in [6, 6.07) is 9.21. The van der Waals surface area contributed by atoms with Gasteiger partial charge in [-0.25, -0.2) is 0 Å². The van der Waals surface area contributed by atoms with Crippen LogP contribution in [-0.4, -0.2) is 17.1 Å². The van der Waals surface area contributed by atoms with Crippen molar-refractivity contribution in [3.8, 4) is 0 Å². The molecular formula is C11H15NO2. The highest BCUT2D eigenvalue weighted by molar-refractivity contribution is 5.71. The first-order chi connectivity index (χ1) is 6.61. The van der Waals surface area contributed by atoms with Gasteiger partial charge in [-0.05, 0) is 18.9 Å². The monoisotopic (exact) mass is 193 g/mol. The number of carbonyl (C=O) groups is 1. The lowest BCUT2D eigenvalue weighted by molar-refractivity contribution is -0.142. The van der Waals surface area contributed by atoms with Crippen LogP contribution in [0.4, 0.5) is 0 Å². The van der Waals surface area contributed by atoms with E-state index in [2.05, 4.69) is 0 Å². The van der Waals surface area contributed by atoms with E-state index in [1.54, 1.807) is 6.92 Å². The van der Waals surface area contributed by atoms with E-state index < -0.39 is 11.9 Å². The Morgan fingerprint density at radius 2 is 2.00 bits per heavy atom. The number of nitrogens with two attached hydrogens (primary N) is 1. The first-order valence-electron chi connectivity index (χ1n) is 4.63. The van der Waals surface area contributed by atoms with Gasteiger partial charge in [-0.15, -0.1) is 0 Å². The third-order valence-electron chi connectivity index (χ3n) is 2.25. The summed E-state index contributed by atoms with van der Waals surface area (Å²) in [5.74, 6) is -1.33. The summed E-state index contributed by atoms with van der Waals surface area (Å²) >= 11 is 0. The van der Waals surface area contributed by atoms with E-state index in [-0.39, 0.29) is 6.04 Å². The lowest BCUT2D eigenvalue weighted by atomic mass is 9.94. The van der Waals surface area contributed by atoms with Crippen LogP contribution in [0, 0.1) is 5.92 Å². The van der Waals surface area contributed by atoms with Crippen LogP contribution >= 0.6 is 0 Å². The van der Waals surface area contributed by atoms with E-state index in [0.29, 0.717) is 6.42 Å². The first kappa shape index (κ1) is 10.7. The van der Waals surface area contributed by atoms with Gasteiger partial charge < -0.3 is 10.8 Å². The predicted molar refractivity (Wildman–Crippen MR) is 54.9 cm³/mol. The van der Waals surface area contributed by atoms with Crippen LogP contribution in [0.2, 0.25) is 0 Å². The van der Waals surface area contributed by atoms with E-state index in [0.717, 1.165) is 5.56 Å². The van der Waals surface area contributed by atoms with Gasteiger partial charge in [0, 0.05) is 6.04 Å². The van der Waals surface area contributed by atoms with Crippen LogP contribution in [0.5, 0.6) is 0 Å². The first-order valence-corrected chi connectivity index (χ1v) is 4.63. The normalized spacial score (nSPS) is 14.7. The number of aliphatic carboxylic acids is 1. The molecule has 1 aromatic carbocycles. The zero-order valence-electron chi connectivity index (χ0n) is 8.18. The Balaban J connectivity index is 2.70. The van der Waals surface area contributed by atoms with Gasteiger partial charge >= 0.3 is 5.97 Å². The van der Waals surface area contributed by atoms with E-state index in [1.807, 2.05) is 30.3 Å². The number of carboxylic acid groups (broad SMARTS) is 1. The van der Waals surface area contributed by atoms with E-state index >= 15 is 0 Å². The SMILES string of the molecule is C[C@H](N)[C@H](Cc1ccccc1)C(=O)O. The molecule has 0 unspecified atom stereocenters. The lowest BCUT2D eigenvalue weighted by Crippen LogP contribution is -2.34. The van der Waals surface area contributed by atoms with Crippen molar-refractivity contribution in [2.75, 3.05) is 0 Å². The number of rotatable bonds is 4. The second kappa shape index (κ2) is 4.77. The summed E-state index contributed by atoms with van der Waals surface area (Å²) in [5, 5.41) is 8.92. The Morgan fingerprint density at radius 1 is 1.43 bits per heavy atom. The van der Waals surface area contributed by atoms with Gasteiger partial charge in [0.2, 0.25) is 0 Å². The second-order valence-electron chi connectivity index (χ2n) is 3.49. The van der Waals surface area contributed by atoms with Gasteiger partial charge in [0.15, 0.2) is 0 Å². The highest BCUT2D eigenvalue weighted by atomic mass is 16.4. The van der Waals surface area contributed by atoms with Crippen molar-refractivity contribution in [1.82, 2.24) is 0 Å². The van der Waals surface area contributed by atoms with Crippen molar-refractivity contribution in [3.63, 3.8) is 0 Å². The topological polar surface area (TPSA) is 63.3 Å². The number of hydrogen-bond donors (Lipinski definition) is 2. The average molecular weight is 193 g/mol. The largest absolute Gasteiger partial charge is 0.481 e. The van der Waals surface area contributed by atoms with Crippen LogP contribution in [0.25, 0.3) is 0 Å². The van der Waals surface area contributed by atoms with Crippen molar-refractivity contribution in [2.45, 2.75) is 19.4 Å². The molecule has 0 saturated heterocycles. The maximum absolute atomic E-state index is 10.9. The van der Waals surface area contributed by atoms with Crippen molar-refractivity contribution in [2.24, 2.45) is 11.7 Å². The number of carboxylic acids is 1. The summed E-state index contributed by atoms with van der Waals surface area (Å²) in [7, 11) is 0. The molecule has 3 nitrogen and oxygen atoms in total. The number of hydrogen-bond acceptors (Lipinski definition) is 2. The molecule has 3 heteroatoms. The molecule has 3 N–H and O–H groups in total. The predicted octanol–water partition coefficient (Wildman–Crippen LogP) is 1.28. The van der Waals surface area contributed by atoms with Gasteiger partial charge in [-0.2, -0.15) is 0 Å². The summed E-state index contributed by atoms with van der Waals surface area (Å²) < 4.78 is 0. The molecule has 0 saturated carbocycles. The molecule has 0 fully saturated rings. The van der Waals surface area contributed by atoms with Crippen LogP contribution in [0.15, 0.2) is 30.3 Å². The van der Waals surface area contributed by atoms with Gasteiger partial charge in [0.25, 0.3) is 0 Å². The molecule has 76 valence electrons. The van der Waals surface area contributed by atoms with Crippen molar-refractivity contribution >= 4 is 5.97 Å². The van der Waals surface area contributed by atoms with Crippen molar-refractivity contribution in [1.29, 1.82) is 0 Å². The molecule has 0 aliphatic carbocycles. The van der Waals surface area contributed by atoms with Gasteiger partial charge in [-0.1, -0.05) is 30.3 Å². The fourth-order valence-electron chi connectivity index (χ4n) is 1.37. The standard InChI is InChI=1S/C11H15NO2/c1-8(12)10(11(13)14)7-9-5-3-2-4-6-9/h2-6,8,10H,7,12H2,1H3,(H,13,14)/t8-,10-/m0/s1. The summed E-state index contributed by atoms with van der Waals surface area (Å²) in [5.41, 5.74) is 6.62. The van der Waals surface area contributed by atoms with Gasteiger partial charge in [-0.3, -0.25) is 4.79 Å². The maximum Gasteiger partial charge on any atom is 0.308 e. The molecule has 0 bridgehead atoms. The molecule has 0 aliphatic rings. The average Bonchev–Trinajstić information content (AvgIpc) is 2.15. The third kappa shape index (κ3) is 2.85. The quantitative estimate of drug-likeness (QED) is 0.757. The molecule has 0 heterocycles. The molecule has 1 aromatic rings. The minimum absolute atomic E-state index is 0.326. The van der Waals surface area contributed by atoms with Crippen molar-refractivity contribution < 1.29 is 9.90 Å². The fraction of sp³-hybridized carbons (Fsp3) is 0.364. The second-order valence-corrected chi connectivity index (χ2v) is 3.49. The van der Waals surface area contributed by atoms with E-state index in [1.165, 1.54) is 0 Å². The highest BCUT2D eigenvalue weighted by Gasteiger charge is 2.21. The Hall–Kier alpha value is -1.35. The molecule has 0 radical (unpaired) electrons. The number of benzene rings is 1. The molecular weight excluding hydrogens is 178 g/mol. The smallest absolute Gasteiger partial charge is 0.308 e. The lowest BCUT2D eigenvalue weighted by Gasteiger charge is -2.15. The minimum atomic E-state index is -0.830. The molecule has 0 aliphatic heterocycles. The van der Waals surface area contributed by atoms with E-state index in [4.69, 9.17) is 10.8 Å².